The Morgan fingerprint density at radius 3 is 1.40 bits per heavy atom. The summed E-state index contributed by atoms with van der Waals surface area (Å²) in [7, 11) is -4.75. The Bertz CT molecular complexity index is 838. The maximum Gasteiger partial charge on any atom is 0.469 e. The van der Waals surface area contributed by atoms with Crippen LogP contribution in [0.5, 0.6) is 0 Å². The summed E-state index contributed by atoms with van der Waals surface area (Å²) >= 11 is 0. The average Bonchev–Trinajstić information content (AvgIpc) is 3.05. The molecule has 0 saturated heterocycles. The second kappa shape index (κ2) is 35.4. The van der Waals surface area contributed by atoms with Gasteiger partial charge in [0.2, 0.25) is 0 Å². The fourth-order valence-electron chi connectivity index (χ4n) is 5.51. The first-order chi connectivity index (χ1) is 23.3. The van der Waals surface area contributed by atoms with Gasteiger partial charge in [0.25, 0.3) is 0 Å². The molecule has 0 aliphatic heterocycles. The van der Waals surface area contributed by atoms with E-state index in [0.29, 0.717) is 12.8 Å². The monoisotopic (exact) mass is 701 g/mol. The number of ether oxygens (including phenoxy) is 2. The maximum absolute atomic E-state index is 12.2. The number of unbranched alkanes of at least 4 members (excludes halogenated alkanes) is 22. The van der Waals surface area contributed by atoms with Crippen LogP contribution in [0.1, 0.15) is 194 Å². The minimum absolute atomic E-state index is 0.204. The van der Waals surface area contributed by atoms with Gasteiger partial charge in [0, 0.05) is 12.8 Å². The molecule has 0 spiro atoms. The number of esters is 2. The van der Waals surface area contributed by atoms with Crippen LogP contribution < -0.4 is 0 Å². The highest BCUT2D eigenvalue weighted by Crippen LogP contribution is 2.36. The van der Waals surface area contributed by atoms with Crippen LogP contribution in [-0.4, -0.2) is 41.0 Å². The zero-order chi connectivity index (χ0) is 35.4. The lowest BCUT2D eigenvalue weighted by Gasteiger charge is -2.18. The van der Waals surface area contributed by atoms with E-state index in [0.717, 1.165) is 44.9 Å². The Morgan fingerprint density at radius 2 is 0.917 bits per heavy atom. The summed E-state index contributed by atoms with van der Waals surface area (Å²) in [6.45, 7) is 3.59. The van der Waals surface area contributed by atoms with E-state index in [-0.39, 0.29) is 19.4 Å². The lowest BCUT2D eigenvalue weighted by Crippen LogP contribution is -2.29. The molecule has 0 aromatic heterocycles. The summed E-state index contributed by atoms with van der Waals surface area (Å²) in [5, 5.41) is 0. The lowest BCUT2D eigenvalue weighted by molar-refractivity contribution is -0.161. The van der Waals surface area contributed by atoms with Crippen LogP contribution in [0.3, 0.4) is 0 Å². The predicted molar refractivity (Wildman–Crippen MR) is 198 cm³/mol. The molecular weight excluding hydrogens is 627 g/mol. The number of carbonyl (C=O) groups is 2. The van der Waals surface area contributed by atoms with Crippen LogP contribution in [0.2, 0.25) is 0 Å². The molecule has 0 unspecified atom stereocenters. The van der Waals surface area contributed by atoms with E-state index in [1.165, 1.54) is 109 Å². The van der Waals surface area contributed by atoms with Crippen LogP contribution in [0.15, 0.2) is 24.3 Å². The first-order valence-electron chi connectivity index (χ1n) is 19.6. The number of phosphoric acid groups is 1. The van der Waals surface area contributed by atoms with Crippen molar-refractivity contribution in [2.24, 2.45) is 0 Å². The summed E-state index contributed by atoms with van der Waals surface area (Å²) < 4.78 is 26.1. The van der Waals surface area contributed by atoms with Gasteiger partial charge in [-0.3, -0.25) is 14.1 Å². The number of rotatable bonds is 36. The number of hydrogen-bond acceptors (Lipinski definition) is 6. The van der Waals surface area contributed by atoms with E-state index in [2.05, 4.69) is 42.7 Å². The Labute approximate surface area is 294 Å². The minimum Gasteiger partial charge on any atom is -0.462 e. The van der Waals surface area contributed by atoms with Crippen molar-refractivity contribution in [1.82, 2.24) is 0 Å². The van der Waals surface area contributed by atoms with Gasteiger partial charge in [-0.05, 0) is 44.9 Å². The largest absolute Gasteiger partial charge is 0.469 e. The van der Waals surface area contributed by atoms with E-state index in [9.17, 15) is 14.2 Å². The topological polar surface area (TPSA) is 119 Å². The molecule has 0 aliphatic rings. The third-order valence-corrected chi connectivity index (χ3v) is 8.94. The Balaban J connectivity index is 3.84. The third kappa shape index (κ3) is 37.4. The molecule has 2 N–H and O–H groups in total. The fourth-order valence-corrected chi connectivity index (χ4v) is 5.87. The predicted octanol–water partition coefficient (Wildman–Crippen LogP) is 11.6. The highest BCUT2D eigenvalue weighted by atomic mass is 31.2. The van der Waals surface area contributed by atoms with Crippen molar-refractivity contribution in [1.29, 1.82) is 0 Å². The summed E-state index contributed by atoms with van der Waals surface area (Å²) in [4.78, 5) is 42.4. The van der Waals surface area contributed by atoms with Gasteiger partial charge in [0.15, 0.2) is 6.10 Å². The van der Waals surface area contributed by atoms with Crippen molar-refractivity contribution in [2.75, 3.05) is 13.2 Å². The zero-order valence-corrected chi connectivity index (χ0v) is 31.8. The number of carbonyl (C=O) groups excluding carboxylic acids is 2. The van der Waals surface area contributed by atoms with Crippen molar-refractivity contribution >= 4 is 19.8 Å². The molecule has 0 radical (unpaired) electrons. The van der Waals surface area contributed by atoms with Crippen molar-refractivity contribution in [3.05, 3.63) is 24.3 Å². The van der Waals surface area contributed by atoms with Crippen LogP contribution in [0, 0.1) is 0 Å². The van der Waals surface area contributed by atoms with E-state index < -0.39 is 32.5 Å². The molecule has 8 nitrogen and oxygen atoms in total. The van der Waals surface area contributed by atoms with Crippen molar-refractivity contribution in [3.8, 4) is 0 Å². The third-order valence-electron chi connectivity index (χ3n) is 8.45. The van der Waals surface area contributed by atoms with Gasteiger partial charge in [-0.25, -0.2) is 4.57 Å². The lowest BCUT2D eigenvalue weighted by atomic mass is 10.0. The smallest absolute Gasteiger partial charge is 0.462 e. The van der Waals surface area contributed by atoms with Gasteiger partial charge < -0.3 is 19.3 Å². The standard InChI is InChI=1S/C39H73O8P/c1-3-5-7-9-11-12-13-14-15-16-17-18-19-20-21-22-23-24-25-26-28-29-31-33-38(40)45-35-37(36-46-48(42,43)44)47-39(41)34-32-30-27-10-8-6-4-2/h22-23,26,28,37H,3-21,24-25,27,29-36H2,1-2H3,(H2,42,43,44)/b23-22+,28-26+/t37-/m1/s1. The molecule has 48 heavy (non-hydrogen) atoms. The van der Waals surface area contributed by atoms with Gasteiger partial charge in [-0.1, -0.05) is 160 Å². The molecule has 1 atom stereocenters. The highest BCUT2D eigenvalue weighted by molar-refractivity contribution is 7.46. The summed E-state index contributed by atoms with van der Waals surface area (Å²) in [5.41, 5.74) is 0. The number of allylic oxidation sites excluding steroid dienone is 4. The molecular formula is C39H73O8P. The van der Waals surface area contributed by atoms with E-state index >= 15 is 0 Å². The van der Waals surface area contributed by atoms with Crippen molar-refractivity contribution < 1.29 is 37.9 Å². The Hall–Kier alpha value is -1.47. The van der Waals surface area contributed by atoms with E-state index in [1.807, 2.05) is 0 Å². The van der Waals surface area contributed by atoms with Gasteiger partial charge in [-0.2, -0.15) is 0 Å². The number of phosphoric ester groups is 1. The van der Waals surface area contributed by atoms with Crippen LogP contribution in [-0.2, 0) is 28.2 Å². The molecule has 0 aromatic carbocycles. The first-order valence-corrected chi connectivity index (χ1v) is 21.2. The van der Waals surface area contributed by atoms with Crippen molar-refractivity contribution in [2.45, 2.75) is 200 Å². The molecule has 0 bridgehead atoms. The Morgan fingerprint density at radius 1 is 0.521 bits per heavy atom. The van der Waals surface area contributed by atoms with E-state index in [4.69, 9.17) is 19.3 Å². The second-order valence-corrected chi connectivity index (χ2v) is 14.5. The highest BCUT2D eigenvalue weighted by Gasteiger charge is 2.22. The van der Waals surface area contributed by atoms with Gasteiger partial charge in [0.05, 0.1) is 6.61 Å². The molecule has 0 aromatic rings. The molecule has 0 heterocycles. The van der Waals surface area contributed by atoms with Crippen LogP contribution in [0.4, 0.5) is 0 Å². The Kier molecular flexibility index (Phi) is 34.3. The SMILES string of the molecule is CCCCCCCCCCCCCCCC/C=C/CC/C=C/CCCC(=O)OC[C@H](COP(=O)(O)O)OC(=O)CCCCCCCCC. The first kappa shape index (κ1) is 46.5. The molecule has 0 aliphatic carbocycles. The van der Waals surface area contributed by atoms with Gasteiger partial charge >= 0.3 is 19.8 Å². The van der Waals surface area contributed by atoms with Gasteiger partial charge in [-0.15, -0.1) is 0 Å². The molecule has 282 valence electrons. The van der Waals surface area contributed by atoms with Crippen molar-refractivity contribution in [3.63, 3.8) is 0 Å². The molecule has 0 amide bonds. The zero-order valence-electron chi connectivity index (χ0n) is 30.9. The maximum atomic E-state index is 12.2. The summed E-state index contributed by atoms with van der Waals surface area (Å²) in [6, 6.07) is 0. The summed E-state index contributed by atoms with van der Waals surface area (Å²) in [5.74, 6) is -0.937. The minimum atomic E-state index is -4.75. The van der Waals surface area contributed by atoms with Crippen LogP contribution in [0.25, 0.3) is 0 Å². The molecule has 0 rings (SSSR count). The quantitative estimate of drug-likeness (QED) is 0.0287. The van der Waals surface area contributed by atoms with Gasteiger partial charge in [0.1, 0.15) is 6.61 Å². The van der Waals surface area contributed by atoms with Crippen LogP contribution >= 0.6 is 7.82 Å². The normalized spacial score (nSPS) is 12.7. The number of hydrogen-bond donors (Lipinski definition) is 2. The molecule has 0 fully saturated rings. The second-order valence-electron chi connectivity index (χ2n) is 13.2. The fraction of sp³-hybridized carbons (Fsp3) is 0.846. The average molecular weight is 701 g/mol. The summed E-state index contributed by atoms with van der Waals surface area (Å²) in [6.07, 6.45) is 39.5. The molecule has 9 heteroatoms. The van der Waals surface area contributed by atoms with E-state index in [1.54, 1.807) is 0 Å². The molecule has 0 saturated carbocycles.